The number of aromatic nitrogens is 1. The molecule has 3 aromatic rings. The van der Waals surface area contributed by atoms with Crippen LogP contribution in [0.1, 0.15) is 16.8 Å². The molecule has 2 aliphatic heterocycles. The number of carbonyl (C=O) groups excluding carboxylic acids is 2. The van der Waals surface area contributed by atoms with Gasteiger partial charge in [-0.05, 0) is 54.8 Å². The largest absolute Gasteiger partial charge is 0.339 e. The molecular formula is C24H24N6O2S2. The minimum atomic E-state index is -0.380. The van der Waals surface area contributed by atoms with Gasteiger partial charge in [-0.2, -0.15) is 5.11 Å². The normalized spacial score (nSPS) is 18.2. The van der Waals surface area contributed by atoms with Crippen LogP contribution in [0.5, 0.6) is 0 Å². The standard InChI is InChI=1S/C24H24N6O2S2/c31-23(29-12-3-13-30(15-14-29)24(32)20-16-33-28-26-20)18-7-9-19(10-8-18)27-34-21-6-1-4-17-5-2-11-25-22(17)21/h1-2,4-11,20,27H,3,12-16H2. The molecule has 1 unspecified atom stereocenters. The summed E-state index contributed by atoms with van der Waals surface area (Å²) in [5.41, 5.74) is 2.51. The van der Waals surface area contributed by atoms with Gasteiger partial charge in [0.05, 0.1) is 16.2 Å². The number of nitrogens with zero attached hydrogens (tertiary/aromatic N) is 5. The average molecular weight is 493 g/mol. The summed E-state index contributed by atoms with van der Waals surface area (Å²) in [4.78, 5) is 34.9. The van der Waals surface area contributed by atoms with Crippen molar-refractivity contribution in [3.63, 3.8) is 0 Å². The Morgan fingerprint density at radius 3 is 2.59 bits per heavy atom. The van der Waals surface area contributed by atoms with Crippen molar-refractivity contribution in [1.29, 1.82) is 0 Å². The zero-order valence-corrected chi connectivity index (χ0v) is 20.1. The molecule has 1 N–H and O–H groups in total. The number of hydrogen-bond acceptors (Lipinski definition) is 8. The Balaban J connectivity index is 1.18. The van der Waals surface area contributed by atoms with E-state index >= 15 is 0 Å². The van der Waals surface area contributed by atoms with Gasteiger partial charge in [-0.3, -0.25) is 14.6 Å². The molecule has 5 rings (SSSR count). The summed E-state index contributed by atoms with van der Waals surface area (Å²) in [6.07, 6.45) is 2.55. The van der Waals surface area contributed by atoms with Crippen molar-refractivity contribution in [1.82, 2.24) is 14.8 Å². The third kappa shape index (κ3) is 5.02. The summed E-state index contributed by atoms with van der Waals surface area (Å²) in [6, 6.07) is 17.2. The Kier molecular flexibility index (Phi) is 6.96. The van der Waals surface area contributed by atoms with E-state index in [4.69, 9.17) is 0 Å². The zero-order chi connectivity index (χ0) is 23.3. The summed E-state index contributed by atoms with van der Waals surface area (Å²) in [5.74, 6) is 0.605. The smallest absolute Gasteiger partial charge is 0.253 e. The molecule has 2 aromatic carbocycles. The number of para-hydroxylation sites is 1. The number of benzene rings is 2. The molecule has 0 aliphatic carbocycles. The fourth-order valence-electron chi connectivity index (χ4n) is 4.04. The van der Waals surface area contributed by atoms with E-state index in [2.05, 4.69) is 19.3 Å². The Bertz CT molecular complexity index is 1210. The van der Waals surface area contributed by atoms with Gasteiger partial charge in [-0.1, -0.05) is 18.2 Å². The van der Waals surface area contributed by atoms with Crippen LogP contribution in [0.2, 0.25) is 0 Å². The van der Waals surface area contributed by atoms with E-state index in [-0.39, 0.29) is 17.9 Å². The van der Waals surface area contributed by atoms with E-state index in [1.807, 2.05) is 64.4 Å². The molecule has 0 bridgehead atoms. The Morgan fingerprint density at radius 1 is 0.971 bits per heavy atom. The third-order valence-electron chi connectivity index (χ3n) is 5.86. The summed E-state index contributed by atoms with van der Waals surface area (Å²) >= 11 is 2.82. The van der Waals surface area contributed by atoms with Crippen molar-refractivity contribution in [2.24, 2.45) is 9.63 Å². The van der Waals surface area contributed by atoms with E-state index in [9.17, 15) is 9.59 Å². The highest BCUT2D eigenvalue weighted by molar-refractivity contribution is 8.00. The highest BCUT2D eigenvalue weighted by Crippen LogP contribution is 2.27. The van der Waals surface area contributed by atoms with Crippen molar-refractivity contribution in [3.8, 4) is 0 Å². The van der Waals surface area contributed by atoms with E-state index < -0.39 is 0 Å². The van der Waals surface area contributed by atoms with E-state index in [0.29, 0.717) is 37.5 Å². The molecule has 3 heterocycles. The molecular weight excluding hydrogens is 468 g/mol. The number of nitrogens with one attached hydrogen (secondary N) is 1. The maximum Gasteiger partial charge on any atom is 0.253 e. The van der Waals surface area contributed by atoms with Crippen LogP contribution in [0.3, 0.4) is 0 Å². The van der Waals surface area contributed by atoms with Crippen molar-refractivity contribution < 1.29 is 9.59 Å². The van der Waals surface area contributed by atoms with Gasteiger partial charge in [0.1, 0.15) is 0 Å². The van der Waals surface area contributed by atoms with Gasteiger partial charge in [-0.25, -0.2) is 0 Å². The Hall–Kier alpha value is -3.11. The first-order chi connectivity index (χ1) is 16.7. The predicted molar refractivity (Wildman–Crippen MR) is 136 cm³/mol. The minimum Gasteiger partial charge on any atom is -0.339 e. The van der Waals surface area contributed by atoms with Gasteiger partial charge < -0.3 is 14.5 Å². The van der Waals surface area contributed by atoms with Crippen molar-refractivity contribution in [2.75, 3.05) is 36.7 Å². The fourth-order valence-corrected chi connectivity index (χ4v) is 5.41. The van der Waals surface area contributed by atoms with E-state index in [0.717, 1.165) is 27.9 Å². The fraction of sp³-hybridized carbons (Fsp3) is 0.292. The minimum absolute atomic E-state index is 0.0112. The van der Waals surface area contributed by atoms with Crippen LogP contribution in [-0.2, 0) is 4.79 Å². The molecule has 10 heteroatoms. The van der Waals surface area contributed by atoms with Crippen LogP contribution in [0.25, 0.3) is 10.9 Å². The second kappa shape index (κ2) is 10.4. The SMILES string of the molecule is O=C(c1ccc(NSc2cccc3cccnc23)cc1)N1CCCN(C(=O)C2CSN=N2)CC1. The molecule has 1 fully saturated rings. The van der Waals surface area contributed by atoms with Gasteiger partial charge in [-0.15, -0.1) is 4.52 Å². The van der Waals surface area contributed by atoms with Crippen molar-refractivity contribution >= 4 is 52.3 Å². The molecule has 1 atom stereocenters. The summed E-state index contributed by atoms with van der Waals surface area (Å²) in [6.45, 7) is 2.32. The second-order valence-electron chi connectivity index (χ2n) is 8.09. The highest BCUT2D eigenvalue weighted by atomic mass is 32.2. The molecule has 34 heavy (non-hydrogen) atoms. The second-order valence-corrected chi connectivity index (χ2v) is 9.70. The van der Waals surface area contributed by atoms with Crippen LogP contribution >= 0.6 is 23.9 Å². The quantitative estimate of drug-likeness (QED) is 0.527. The lowest BCUT2D eigenvalue weighted by molar-refractivity contribution is -0.131. The van der Waals surface area contributed by atoms with Gasteiger partial charge in [0, 0.05) is 61.0 Å². The molecule has 174 valence electrons. The monoisotopic (exact) mass is 492 g/mol. The lowest BCUT2D eigenvalue weighted by Crippen LogP contribution is -2.41. The van der Waals surface area contributed by atoms with Gasteiger partial charge in [0.25, 0.3) is 5.91 Å². The zero-order valence-electron chi connectivity index (χ0n) is 18.5. The molecule has 8 nitrogen and oxygen atoms in total. The average Bonchev–Trinajstić information content (AvgIpc) is 3.31. The molecule has 2 amide bonds. The topological polar surface area (TPSA) is 90.3 Å². The molecule has 0 saturated carbocycles. The number of rotatable bonds is 5. The summed E-state index contributed by atoms with van der Waals surface area (Å²) < 4.78 is 7.20. The first-order valence-corrected chi connectivity index (χ1v) is 12.9. The van der Waals surface area contributed by atoms with Crippen molar-refractivity contribution in [2.45, 2.75) is 17.4 Å². The van der Waals surface area contributed by atoms with E-state index in [1.54, 1.807) is 6.20 Å². The molecule has 1 saturated heterocycles. The molecule has 2 aliphatic rings. The first-order valence-electron chi connectivity index (χ1n) is 11.2. The van der Waals surface area contributed by atoms with Gasteiger partial charge in [0.2, 0.25) is 5.91 Å². The Morgan fingerprint density at radius 2 is 1.76 bits per heavy atom. The van der Waals surface area contributed by atoms with Crippen LogP contribution in [0.4, 0.5) is 5.69 Å². The Labute approximate surface area is 206 Å². The van der Waals surface area contributed by atoms with Crippen LogP contribution < -0.4 is 4.72 Å². The van der Waals surface area contributed by atoms with Gasteiger partial charge >= 0.3 is 0 Å². The number of hydrogen-bond donors (Lipinski definition) is 1. The first kappa shape index (κ1) is 22.7. The predicted octanol–water partition coefficient (Wildman–Crippen LogP) is 4.51. The lowest BCUT2D eigenvalue weighted by atomic mass is 10.2. The lowest BCUT2D eigenvalue weighted by Gasteiger charge is -2.23. The van der Waals surface area contributed by atoms with Crippen molar-refractivity contribution in [3.05, 3.63) is 66.4 Å². The molecule has 0 spiro atoms. The number of pyridine rings is 1. The third-order valence-corrected chi connectivity index (χ3v) is 7.42. The highest BCUT2D eigenvalue weighted by Gasteiger charge is 2.29. The number of amides is 2. The maximum atomic E-state index is 13.1. The van der Waals surface area contributed by atoms with E-state index in [1.165, 1.54) is 23.9 Å². The molecule has 1 aromatic heterocycles. The number of fused-ring (bicyclic) bond motifs is 1. The molecule has 0 radical (unpaired) electrons. The number of anilines is 1. The summed E-state index contributed by atoms with van der Waals surface area (Å²) in [7, 11) is 0. The number of carbonyl (C=O) groups is 2. The maximum absolute atomic E-state index is 13.1. The van der Waals surface area contributed by atoms with Gasteiger partial charge in [0.15, 0.2) is 6.04 Å². The van der Waals surface area contributed by atoms with Crippen LogP contribution in [0.15, 0.2) is 75.3 Å². The van der Waals surface area contributed by atoms with Crippen LogP contribution in [-0.4, -0.2) is 64.6 Å². The summed E-state index contributed by atoms with van der Waals surface area (Å²) in [5, 5.41) is 5.10. The van der Waals surface area contributed by atoms with Crippen LogP contribution in [0, 0.1) is 0 Å².